The van der Waals surface area contributed by atoms with Crippen LogP contribution in [0.2, 0.25) is 0 Å². The number of hydrogen-bond acceptors (Lipinski definition) is 8. The van der Waals surface area contributed by atoms with Gasteiger partial charge in [0.1, 0.15) is 30.0 Å². The summed E-state index contributed by atoms with van der Waals surface area (Å²) < 4.78 is 15.3. The Morgan fingerprint density at radius 1 is 0.760 bits per heavy atom. The second-order valence-corrected chi connectivity index (χ2v) is 22.7. The van der Waals surface area contributed by atoms with Crippen LogP contribution in [0.4, 0.5) is 4.39 Å². The standard InChI is InChI=1S/C59H75FN8O7/c1-36(31-42-19-12-15-23-46(42)60)67(55(73)49-45-22-14-11-18-40(45)29-30-66(49)57(75)51(59(6,7)8)65-52(70)37(2)61-9)33-38-25-27-41(28-26-38)53(71)63-43-32-48(68(34-43)56(74)50(62-35-69)58(3,4)5)54(72)64-47-24-16-20-39-17-10-13-21-44(39)47/h10-15,17-19,21-23,25-28,35-37,43,47-51,61H,16,20,24,29-34H2,1-9H3,(H,62,69)(H,63,71)(H,64,72)(H,65,70). The third-order valence-electron chi connectivity index (χ3n) is 15.1. The van der Waals surface area contributed by atoms with Gasteiger partial charge in [0, 0.05) is 37.3 Å². The fourth-order valence-electron chi connectivity index (χ4n) is 10.7. The van der Waals surface area contributed by atoms with Gasteiger partial charge in [-0.1, -0.05) is 120 Å². The van der Waals surface area contributed by atoms with Crippen LogP contribution in [-0.4, -0.2) is 113 Å². The monoisotopic (exact) mass is 1030 g/mol. The lowest BCUT2D eigenvalue weighted by molar-refractivity contribution is -0.152. The number of fused-ring (bicyclic) bond motifs is 2. The molecule has 2 aliphatic heterocycles. The molecular formula is C59H75FN8O7. The molecule has 0 spiro atoms. The van der Waals surface area contributed by atoms with Crippen molar-refractivity contribution in [2.45, 2.75) is 149 Å². The van der Waals surface area contributed by atoms with Crippen molar-refractivity contribution >= 4 is 41.9 Å². The summed E-state index contributed by atoms with van der Waals surface area (Å²) in [5.74, 6) is -2.73. The molecule has 7 rings (SSSR count). The summed E-state index contributed by atoms with van der Waals surface area (Å²) in [6.45, 7) is 15.0. The number of rotatable bonds is 17. The van der Waals surface area contributed by atoms with E-state index in [9.17, 15) is 28.8 Å². The van der Waals surface area contributed by atoms with E-state index in [0.717, 1.165) is 30.4 Å². The summed E-state index contributed by atoms with van der Waals surface area (Å²) in [5.41, 5.74) is 3.78. The van der Waals surface area contributed by atoms with E-state index in [4.69, 9.17) is 0 Å². The van der Waals surface area contributed by atoms with E-state index in [2.05, 4.69) is 32.7 Å². The molecule has 75 heavy (non-hydrogen) atoms. The highest BCUT2D eigenvalue weighted by Crippen LogP contribution is 2.36. The molecule has 0 bridgehead atoms. The third-order valence-corrected chi connectivity index (χ3v) is 15.1. The molecule has 0 aromatic heterocycles. The Balaban J connectivity index is 1.14. The summed E-state index contributed by atoms with van der Waals surface area (Å²) in [6.07, 6.45) is 3.85. The molecule has 1 saturated heterocycles. The molecule has 400 valence electrons. The van der Waals surface area contributed by atoms with Gasteiger partial charge >= 0.3 is 0 Å². The summed E-state index contributed by atoms with van der Waals surface area (Å²) in [5, 5.41) is 14.8. The zero-order valence-corrected chi connectivity index (χ0v) is 44.9. The van der Waals surface area contributed by atoms with Gasteiger partial charge in [0.15, 0.2) is 0 Å². The average molecular weight is 1030 g/mol. The molecule has 7 amide bonds. The first-order chi connectivity index (χ1) is 35.6. The van der Waals surface area contributed by atoms with Gasteiger partial charge < -0.3 is 41.3 Å². The highest BCUT2D eigenvalue weighted by Gasteiger charge is 2.47. The lowest BCUT2D eigenvalue weighted by atomic mass is 9.83. The predicted octanol–water partition coefficient (Wildman–Crippen LogP) is 6.10. The summed E-state index contributed by atoms with van der Waals surface area (Å²) in [6, 6.07) is 22.9. The van der Waals surface area contributed by atoms with Gasteiger partial charge in [-0.15, -0.1) is 0 Å². The normalized spacial score (nSPS) is 20.0. The van der Waals surface area contributed by atoms with E-state index in [-0.39, 0.29) is 56.2 Å². The van der Waals surface area contributed by atoms with Crippen molar-refractivity contribution in [3.05, 3.63) is 142 Å². The number of benzene rings is 4. The van der Waals surface area contributed by atoms with Crippen LogP contribution in [0.15, 0.2) is 97.1 Å². The van der Waals surface area contributed by atoms with E-state index >= 15 is 9.18 Å². The number of carbonyl (C=O) groups is 7. The number of nitrogens with zero attached hydrogens (tertiary/aromatic N) is 3. The Bertz CT molecular complexity index is 2740. The first-order valence-electron chi connectivity index (χ1n) is 26.3. The number of amides is 7. The SMILES string of the molecule is CNC(C)C(=O)NC(C(=O)N1CCc2ccccc2C1C(=O)N(Cc1ccc(C(=O)NC2CC(C(=O)NC3CCCc4ccccc43)N(C(=O)C(NC=O)C(C)(C)C)C2)cc1)C(C)Cc1ccccc1F)C(C)(C)C. The molecule has 1 aliphatic carbocycles. The maximum absolute atomic E-state index is 15.6. The van der Waals surface area contributed by atoms with Gasteiger partial charge in [-0.25, -0.2) is 4.39 Å². The van der Waals surface area contributed by atoms with Crippen LogP contribution in [0.1, 0.15) is 130 Å². The number of carbonyl (C=O) groups excluding carboxylic acids is 7. The molecule has 8 unspecified atom stereocenters. The molecule has 8 atom stereocenters. The fraction of sp³-hybridized carbons (Fsp3) is 0.475. The van der Waals surface area contributed by atoms with E-state index in [1.807, 2.05) is 90.9 Å². The highest BCUT2D eigenvalue weighted by molar-refractivity contribution is 5.96. The minimum absolute atomic E-state index is 0.0356. The second kappa shape index (κ2) is 23.7. The first kappa shape index (κ1) is 55.8. The zero-order chi connectivity index (χ0) is 54.4. The quantitative estimate of drug-likeness (QED) is 0.0785. The van der Waals surface area contributed by atoms with Crippen LogP contribution >= 0.6 is 0 Å². The van der Waals surface area contributed by atoms with E-state index in [1.165, 1.54) is 16.5 Å². The average Bonchev–Trinajstić information content (AvgIpc) is 3.81. The van der Waals surface area contributed by atoms with Crippen LogP contribution < -0.4 is 26.6 Å². The van der Waals surface area contributed by atoms with E-state index in [1.54, 1.807) is 66.2 Å². The molecule has 15 nitrogen and oxygen atoms in total. The Labute approximate surface area is 441 Å². The van der Waals surface area contributed by atoms with Crippen molar-refractivity contribution in [2.24, 2.45) is 10.8 Å². The van der Waals surface area contributed by atoms with Crippen LogP contribution in [0.5, 0.6) is 0 Å². The largest absolute Gasteiger partial charge is 0.347 e. The number of halogens is 1. The molecule has 0 saturated carbocycles. The number of likely N-dealkylation sites (N-methyl/N-ethyl adjacent to an activating group) is 1. The lowest BCUT2D eigenvalue weighted by Crippen LogP contribution is -2.60. The van der Waals surface area contributed by atoms with Gasteiger partial charge in [-0.3, -0.25) is 33.6 Å². The maximum Gasteiger partial charge on any atom is 0.251 e. The van der Waals surface area contributed by atoms with Gasteiger partial charge in [0.25, 0.3) is 11.8 Å². The van der Waals surface area contributed by atoms with Crippen LogP contribution in [0, 0.1) is 16.6 Å². The molecule has 2 heterocycles. The lowest BCUT2D eigenvalue weighted by Gasteiger charge is -2.43. The van der Waals surface area contributed by atoms with Crippen molar-refractivity contribution in [2.75, 3.05) is 20.1 Å². The fourth-order valence-corrected chi connectivity index (χ4v) is 10.7. The van der Waals surface area contributed by atoms with Gasteiger partial charge in [0.2, 0.25) is 30.0 Å². The maximum atomic E-state index is 15.6. The molecule has 16 heteroatoms. The Morgan fingerprint density at radius 2 is 1.37 bits per heavy atom. The van der Waals surface area contributed by atoms with Crippen molar-refractivity contribution < 1.29 is 38.0 Å². The first-order valence-corrected chi connectivity index (χ1v) is 26.3. The Morgan fingerprint density at radius 3 is 2.01 bits per heavy atom. The topological polar surface area (TPSA) is 189 Å². The van der Waals surface area contributed by atoms with Crippen LogP contribution in [0.3, 0.4) is 0 Å². The number of aryl methyl sites for hydroxylation is 1. The minimum Gasteiger partial charge on any atom is -0.347 e. The number of hydrogen-bond donors (Lipinski definition) is 5. The second-order valence-electron chi connectivity index (χ2n) is 22.7. The van der Waals surface area contributed by atoms with Crippen molar-refractivity contribution in [3.8, 4) is 0 Å². The summed E-state index contributed by atoms with van der Waals surface area (Å²) >= 11 is 0. The Kier molecular flexibility index (Phi) is 17.7. The van der Waals surface area contributed by atoms with Crippen LogP contribution in [-0.2, 0) is 54.6 Å². The van der Waals surface area contributed by atoms with E-state index in [0.29, 0.717) is 35.1 Å². The smallest absolute Gasteiger partial charge is 0.251 e. The van der Waals surface area contributed by atoms with E-state index < -0.39 is 76.7 Å². The molecule has 4 aromatic rings. The highest BCUT2D eigenvalue weighted by atomic mass is 19.1. The number of likely N-dealkylation sites (tertiary alicyclic amines) is 1. The van der Waals surface area contributed by atoms with Crippen molar-refractivity contribution in [1.82, 2.24) is 41.3 Å². The van der Waals surface area contributed by atoms with Crippen LogP contribution in [0.25, 0.3) is 0 Å². The summed E-state index contributed by atoms with van der Waals surface area (Å²) in [4.78, 5) is 103. The van der Waals surface area contributed by atoms with Crippen molar-refractivity contribution in [3.63, 3.8) is 0 Å². The molecule has 0 radical (unpaired) electrons. The molecule has 3 aliphatic rings. The third kappa shape index (κ3) is 12.9. The van der Waals surface area contributed by atoms with Gasteiger partial charge in [-0.05, 0) is 122 Å². The predicted molar refractivity (Wildman–Crippen MR) is 285 cm³/mol. The van der Waals surface area contributed by atoms with Gasteiger partial charge in [-0.2, -0.15) is 0 Å². The summed E-state index contributed by atoms with van der Waals surface area (Å²) in [7, 11) is 1.66. The zero-order valence-electron chi connectivity index (χ0n) is 44.9. The molecular weight excluding hydrogens is 952 g/mol. The minimum atomic E-state index is -1.07. The molecule has 1 fully saturated rings. The van der Waals surface area contributed by atoms with Gasteiger partial charge in [0.05, 0.1) is 12.1 Å². The molecule has 5 N–H and O–H groups in total. The molecule has 4 aromatic carbocycles. The van der Waals surface area contributed by atoms with Crippen molar-refractivity contribution in [1.29, 1.82) is 0 Å². The Hall–Kier alpha value is -6.94. The number of nitrogens with one attached hydrogen (secondary N) is 5.